The van der Waals surface area contributed by atoms with Crippen molar-refractivity contribution in [1.82, 2.24) is 10.2 Å². The molecule has 5 heteroatoms. The van der Waals surface area contributed by atoms with Crippen molar-refractivity contribution in [3.05, 3.63) is 12.2 Å². The van der Waals surface area contributed by atoms with E-state index in [1.165, 1.54) is 13.5 Å². The molecule has 0 aromatic heterocycles. The van der Waals surface area contributed by atoms with E-state index in [4.69, 9.17) is 4.74 Å². The van der Waals surface area contributed by atoms with E-state index in [9.17, 15) is 9.59 Å². The number of amides is 2. The van der Waals surface area contributed by atoms with Crippen molar-refractivity contribution in [3.8, 4) is 0 Å². The second-order valence-electron chi connectivity index (χ2n) is 7.30. The average molecular weight is 322 g/mol. The minimum absolute atomic E-state index is 0.00870. The highest BCUT2D eigenvalue weighted by Gasteiger charge is 2.39. The number of ether oxygens (including phenoxy) is 1. The van der Waals surface area contributed by atoms with Gasteiger partial charge in [0, 0.05) is 20.2 Å². The SMILES string of the molecule is COCC(=O)N[C@H](C(=O)N1CCCC2(CC=CCC2)C1)C(C)C. The summed E-state index contributed by atoms with van der Waals surface area (Å²) in [5.74, 6) is -0.114. The van der Waals surface area contributed by atoms with Gasteiger partial charge < -0.3 is 15.0 Å². The molecule has 2 amide bonds. The smallest absolute Gasteiger partial charge is 0.246 e. The summed E-state index contributed by atoms with van der Waals surface area (Å²) in [6.45, 7) is 5.55. The van der Waals surface area contributed by atoms with Crippen LogP contribution in [0.3, 0.4) is 0 Å². The standard InChI is InChI=1S/C18H30N2O3/c1-14(2)16(19-15(21)12-23-3)17(22)20-11-7-10-18(13-20)8-5-4-6-9-18/h4-5,14,16H,6-13H2,1-3H3,(H,19,21)/t16-,18?/m0/s1. The number of hydrogen-bond donors (Lipinski definition) is 1. The van der Waals surface area contributed by atoms with Gasteiger partial charge in [0.15, 0.2) is 0 Å². The molecule has 2 atom stereocenters. The Morgan fingerprint density at radius 3 is 2.70 bits per heavy atom. The molecule has 0 aromatic rings. The molecule has 1 saturated heterocycles. The summed E-state index contributed by atoms with van der Waals surface area (Å²) in [5.41, 5.74) is 0.251. The average Bonchev–Trinajstić information content (AvgIpc) is 2.53. The zero-order chi connectivity index (χ0) is 16.9. The largest absolute Gasteiger partial charge is 0.375 e. The first-order valence-electron chi connectivity index (χ1n) is 8.69. The third-order valence-corrected chi connectivity index (χ3v) is 5.06. The summed E-state index contributed by atoms with van der Waals surface area (Å²) >= 11 is 0. The number of methoxy groups -OCH3 is 1. The highest BCUT2D eigenvalue weighted by atomic mass is 16.5. The number of carbonyl (C=O) groups excluding carboxylic acids is 2. The van der Waals surface area contributed by atoms with Crippen LogP contribution in [0.4, 0.5) is 0 Å². The first kappa shape index (κ1) is 18.0. The van der Waals surface area contributed by atoms with E-state index in [1.54, 1.807) is 0 Å². The number of carbonyl (C=O) groups is 2. The van der Waals surface area contributed by atoms with E-state index in [0.717, 1.165) is 38.8 Å². The van der Waals surface area contributed by atoms with Gasteiger partial charge >= 0.3 is 0 Å². The number of allylic oxidation sites excluding steroid dienone is 2. The topological polar surface area (TPSA) is 58.6 Å². The van der Waals surface area contributed by atoms with Crippen LogP contribution in [0.1, 0.15) is 46.0 Å². The van der Waals surface area contributed by atoms with E-state index in [-0.39, 0.29) is 29.8 Å². The number of likely N-dealkylation sites (tertiary alicyclic amines) is 1. The van der Waals surface area contributed by atoms with E-state index >= 15 is 0 Å². The fourth-order valence-electron chi connectivity index (χ4n) is 3.77. The molecule has 1 spiro atoms. The molecule has 23 heavy (non-hydrogen) atoms. The van der Waals surface area contributed by atoms with Gasteiger partial charge in [-0.3, -0.25) is 9.59 Å². The summed E-state index contributed by atoms with van der Waals surface area (Å²) in [6, 6.07) is -0.466. The van der Waals surface area contributed by atoms with E-state index in [2.05, 4.69) is 17.5 Å². The Morgan fingerprint density at radius 2 is 2.09 bits per heavy atom. The fourth-order valence-corrected chi connectivity index (χ4v) is 3.77. The lowest BCUT2D eigenvalue weighted by atomic mass is 9.71. The summed E-state index contributed by atoms with van der Waals surface area (Å²) < 4.78 is 4.85. The Hall–Kier alpha value is -1.36. The molecule has 1 aliphatic carbocycles. The Kier molecular flexibility index (Phi) is 6.22. The van der Waals surface area contributed by atoms with Crippen LogP contribution < -0.4 is 5.32 Å². The monoisotopic (exact) mass is 322 g/mol. The van der Waals surface area contributed by atoms with Crippen LogP contribution in [-0.2, 0) is 14.3 Å². The Bertz CT molecular complexity index is 461. The zero-order valence-electron chi connectivity index (χ0n) is 14.6. The van der Waals surface area contributed by atoms with Crippen molar-refractivity contribution >= 4 is 11.8 Å². The van der Waals surface area contributed by atoms with Crippen LogP contribution >= 0.6 is 0 Å². The molecule has 1 N–H and O–H groups in total. The predicted molar refractivity (Wildman–Crippen MR) is 89.9 cm³/mol. The Balaban J connectivity index is 2.03. The van der Waals surface area contributed by atoms with Crippen molar-refractivity contribution in [3.63, 3.8) is 0 Å². The molecule has 1 unspecified atom stereocenters. The van der Waals surface area contributed by atoms with Gasteiger partial charge in [0.25, 0.3) is 0 Å². The van der Waals surface area contributed by atoms with Gasteiger partial charge in [-0.15, -0.1) is 0 Å². The third kappa shape index (κ3) is 4.56. The van der Waals surface area contributed by atoms with Crippen molar-refractivity contribution in [2.45, 2.75) is 52.0 Å². The summed E-state index contributed by atoms with van der Waals surface area (Å²) in [5, 5.41) is 2.84. The molecule has 5 nitrogen and oxygen atoms in total. The second kappa shape index (κ2) is 7.95. The van der Waals surface area contributed by atoms with Gasteiger partial charge in [0.05, 0.1) is 0 Å². The predicted octanol–water partition coefficient (Wildman–Crippen LogP) is 2.12. The maximum Gasteiger partial charge on any atom is 0.246 e. The molecule has 130 valence electrons. The van der Waals surface area contributed by atoms with Gasteiger partial charge in [-0.05, 0) is 43.4 Å². The minimum atomic E-state index is -0.466. The summed E-state index contributed by atoms with van der Waals surface area (Å²) in [7, 11) is 1.48. The van der Waals surface area contributed by atoms with Crippen molar-refractivity contribution < 1.29 is 14.3 Å². The molecule has 0 bridgehead atoms. The molecule has 1 fully saturated rings. The Labute approximate surface area is 139 Å². The van der Waals surface area contributed by atoms with E-state index in [0.29, 0.717) is 0 Å². The molecule has 1 heterocycles. The van der Waals surface area contributed by atoms with Crippen LogP contribution in [0.25, 0.3) is 0 Å². The first-order valence-corrected chi connectivity index (χ1v) is 8.69. The number of rotatable bonds is 5. The first-order chi connectivity index (χ1) is 11.0. The van der Waals surface area contributed by atoms with Gasteiger partial charge in [-0.1, -0.05) is 26.0 Å². The minimum Gasteiger partial charge on any atom is -0.375 e. The highest BCUT2D eigenvalue weighted by Crippen LogP contribution is 2.40. The lowest BCUT2D eigenvalue weighted by molar-refractivity contribution is -0.141. The van der Waals surface area contributed by atoms with Crippen molar-refractivity contribution in [2.24, 2.45) is 11.3 Å². The number of piperidine rings is 1. The summed E-state index contributed by atoms with van der Waals surface area (Å²) in [4.78, 5) is 26.8. The highest BCUT2D eigenvalue weighted by molar-refractivity contribution is 5.88. The lowest BCUT2D eigenvalue weighted by Gasteiger charge is -2.45. The molecular formula is C18H30N2O3. The van der Waals surface area contributed by atoms with Crippen LogP contribution in [0, 0.1) is 11.3 Å². The van der Waals surface area contributed by atoms with Crippen LogP contribution in [-0.4, -0.2) is 49.6 Å². The third-order valence-electron chi connectivity index (χ3n) is 5.06. The molecule has 0 aromatic carbocycles. The van der Waals surface area contributed by atoms with Crippen molar-refractivity contribution in [2.75, 3.05) is 26.8 Å². The molecule has 1 aliphatic heterocycles. The molecule has 0 saturated carbocycles. The fraction of sp³-hybridized carbons (Fsp3) is 0.778. The van der Waals surface area contributed by atoms with Gasteiger partial charge in [0.2, 0.25) is 11.8 Å². The molecule has 2 rings (SSSR count). The summed E-state index contributed by atoms with van der Waals surface area (Å²) in [6.07, 6.45) is 10.1. The number of nitrogens with one attached hydrogen (secondary N) is 1. The normalized spacial score (nSPS) is 25.7. The van der Waals surface area contributed by atoms with Crippen LogP contribution in [0.2, 0.25) is 0 Å². The van der Waals surface area contributed by atoms with E-state index < -0.39 is 6.04 Å². The number of nitrogens with zero attached hydrogens (tertiary/aromatic N) is 1. The van der Waals surface area contributed by atoms with Crippen molar-refractivity contribution in [1.29, 1.82) is 0 Å². The quantitative estimate of drug-likeness (QED) is 0.789. The maximum absolute atomic E-state index is 13.0. The number of hydrogen-bond acceptors (Lipinski definition) is 3. The second-order valence-corrected chi connectivity index (χ2v) is 7.30. The zero-order valence-corrected chi connectivity index (χ0v) is 14.6. The van der Waals surface area contributed by atoms with Crippen LogP contribution in [0.15, 0.2) is 12.2 Å². The van der Waals surface area contributed by atoms with Gasteiger partial charge in [0.1, 0.15) is 12.6 Å². The van der Waals surface area contributed by atoms with Crippen LogP contribution in [0.5, 0.6) is 0 Å². The lowest BCUT2D eigenvalue weighted by Crippen LogP contribution is -2.55. The molecule has 2 aliphatic rings. The Morgan fingerprint density at radius 1 is 1.30 bits per heavy atom. The van der Waals surface area contributed by atoms with Gasteiger partial charge in [-0.25, -0.2) is 0 Å². The molecule has 0 radical (unpaired) electrons. The molecular weight excluding hydrogens is 292 g/mol. The van der Waals surface area contributed by atoms with Gasteiger partial charge in [-0.2, -0.15) is 0 Å². The maximum atomic E-state index is 13.0. The van der Waals surface area contributed by atoms with E-state index in [1.807, 2.05) is 18.7 Å².